The van der Waals surface area contributed by atoms with Crippen LogP contribution >= 0.6 is 0 Å². The molecule has 0 atom stereocenters. The predicted octanol–water partition coefficient (Wildman–Crippen LogP) is 3.78. The van der Waals surface area contributed by atoms with Gasteiger partial charge in [-0.05, 0) is 31.5 Å². The van der Waals surface area contributed by atoms with Crippen molar-refractivity contribution >= 4 is 11.6 Å². The number of amides is 1. The molecule has 0 aliphatic heterocycles. The summed E-state index contributed by atoms with van der Waals surface area (Å²) in [4.78, 5) is 14.8. The van der Waals surface area contributed by atoms with Gasteiger partial charge in [0.25, 0.3) is 5.91 Å². The summed E-state index contributed by atoms with van der Waals surface area (Å²) in [5, 5.41) is 3.09. The number of nitrogens with zero attached hydrogens (tertiary/aromatic N) is 1. The number of para-hydroxylation sites is 1. The van der Waals surface area contributed by atoms with Gasteiger partial charge in [0.05, 0.1) is 5.56 Å². The smallest absolute Gasteiger partial charge is 0.256 e. The molecule has 21 heavy (non-hydrogen) atoms. The molecule has 0 aliphatic rings. The average Bonchev–Trinajstić information content (AvgIpc) is 2.52. The molecule has 0 aromatic heterocycles. The fourth-order valence-electron chi connectivity index (χ4n) is 2.31. The van der Waals surface area contributed by atoms with E-state index < -0.39 is 0 Å². The van der Waals surface area contributed by atoms with Crippen LogP contribution in [0.2, 0.25) is 0 Å². The van der Waals surface area contributed by atoms with Gasteiger partial charge in [0, 0.05) is 25.3 Å². The Bertz CT molecular complexity index is 593. The first-order chi connectivity index (χ1) is 10.1. The molecular formula is C18H22N2O. The molecule has 0 radical (unpaired) electrons. The maximum atomic E-state index is 12.9. The van der Waals surface area contributed by atoms with Crippen LogP contribution in [0.25, 0.3) is 0 Å². The third kappa shape index (κ3) is 3.63. The zero-order valence-corrected chi connectivity index (χ0v) is 12.8. The lowest BCUT2D eigenvalue weighted by Crippen LogP contribution is -2.36. The van der Waals surface area contributed by atoms with Crippen LogP contribution in [-0.2, 0) is 6.54 Å². The number of benzene rings is 2. The first-order valence-corrected chi connectivity index (χ1v) is 7.25. The zero-order chi connectivity index (χ0) is 15.2. The van der Waals surface area contributed by atoms with Crippen molar-refractivity contribution < 1.29 is 4.79 Å². The van der Waals surface area contributed by atoms with E-state index in [9.17, 15) is 4.79 Å². The van der Waals surface area contributed by atoms with Crippen LogP contribution in [0.1, 0.15) is 29.8 Å². The fourth-order valence-corrected chi connectivity index (χ4v) is 2.31. The van der Waals surface area contributed by atoms with Crippen molar-refractivity contribution in [2.45, 2.75) is 26.4 Å². The summed E-state index contributed by atoms with van der Waals surface area (Å²) in [6.45, 7) is 4.71. The Morgan fingerprint density at radius 2 is 1.67 bits per heavy atom. The molecule has 0 saturated carbocycles. The monoisotopic (exact) mass is 282 g/mol. The van der Waals surface area contributed by atoms with Gasteiger partial charge in [0.1, 0.15) is 0 Å². The second kappa shape index (κ2) is 6.93. The topological polar surface area (TPSA) is 32.3 Å². The summed E-state index contributed by atoms with van der Waals surface area (Å²) in [5.74, 6) is 0.0544. The third-order valence-corrected chi connectivity index (χ3v) is 3.51. The van der Waals surface area contributed by atoms with E-state index in [1.807, 2.05) is 80.4 Å². The van der Waals surface area contributed by atoms with Crippen molar-refractivity contribution in [3.63, 3.8) is 0 Å². The Morgan fingerprint density at radius 3 is 2.29 bits per heavy atom. The highest BCUT2D eigenvalue weighted by Crippen LogP contribution is 2.19. The Morgan fingerprint density at radius 1 is 1.05 bits per heavy atom. The largest absolute Gasteiger partial charge is 0.387 e. The van der Waals surface area contributed by atoms with Gasteiger partial charge in [0.2, 0.25) is 0 Å². The molecule has 3 nitrogen and oxygen atoms in total. The normalized spacial score (nSPS) is 10.5. The molecule has 0 spiro atoms. The summed E-state index contributed by atoms with van der Waals surface area (Å²) in [5.41, 5.74) is 2.72. The fraction of sp³-hybridized carbons (Fsp3) is 0.278. The van der Waals surface area contributed by atoms with Gasteiger partial charge in [-0.2, -0.15) is 0 Å². The molecule has 1 N–H and O–H groups in total. The van der Waals surface area contributed by atoms with Crippen molar-refractivity contribution in [3.8, 4) is 0 Å². The van der Waals surface area contributed by atoms with Gasteiger partial charge in [-0.1, -0.05) is 42.5 Å². The van der Waals surface area contributed by atoms with Crippen molar-refractivity contribution in [2.24, 2.45) is 0 Å². The van der Waals surface area contributed by atoms with Gasteiger partial charge in [-0.25, -0.2) is 0 Å². The SMILES string of the molecule is CNc1ccccc1C(=O)N(Cc1ccccc1)C(C)C. The Labute approximate surface area is 126 Å². The van der Waals surface area contributed by atoms with E-state index in [0.29, 0.717) is 12.1 Å². The minimum absolute atomic E-state index is 0.0544. The number of hydrogen-bond donors (Lipinski definition) is 1. The highest BCUT2D eigenvalue weighted by Gasteiger charge is 2.21. The maximum Gasteiger partial charge on any atom is 0.256 e. The number of anilines is 1. The summed E-state index contributed by atoms with van der Waals surface area (Å²) in [6, 6.07) is 17.8. The first-order valence-electron chi connectivity index (χ1n) is 7.25. The van der Waals surface area contributed by atoms with Gasteiger partial charge in [-0.15, -0.1) is 0 Å². The number of carbonyl (C=O) groups is 1. The van der Waals surface area contributed by atoms with E-state index in [-0.39, 0.29) is 11.9 Å². The molecule has 0 saturated heterocycles. The lowest BCUT2D eigenvalue weighted by molar-refractivity contribution is 0.0691. The predicted molar refractivity (Wildman–Crippen MR) is 87.4 cm³/mol. The second-order valence-electron chi connectivity index (χ2n) is 5.31. The van der Waals surface area contributed by atoms with E-state index in [4.69, 9.17) is 0 Å². The van der Waals surface area contributed by atoms with Crippen LogP contribution in [0.4, 0.5) is 5.69 Å². The summed E-state index contributed by atoms with van der Waals surface area (Å²) in [7, 11) is 1.84. The molecule has 0 bridgehead atoms. The third-order valence-electron chi connectivity index (χ3n) is 3.51. The van der Waals surface area contributed by atoms with Gasteiger partial charge in [0.15, 0.2) is 0 Å². The van der Waals surface area contributed by atoms with Crippen molar-refractivity contribution in [1.82, 2.24) is 4.90 Å². The van der Waals surface area contributed by atoms with Gasteiger partial charge < -0.3 is 10.2 Å². The molecule has 3 heteroatoms. The van der Waals surface area contributed by atoms with E-state index in [2.05, 4.69) is 5.32 Å². The number of hydrogen-bond acceptors (Lipinski definition) is 2. The van der Waals surface area contributed by atoms with Crippen LogP contribution in [-0.4, -0.2) is 23.9 Å². The zero-order valence-electron chi connectivity index (χ0n) is 12.8. The van der Waals surface area contributed by atoms with Gasteiger partial charge in [-0.3, -0.25) is 4.79 Å². The van der Waals surface area contributed by atoms with E-state index in [0.717, 1.165) is 11.3 Å². The van der Waals surface area contributed by atoms with Crippen LogP contribution in [0, 0.1) is 0 Å². The molecule has 0 unspecified atom stereocenters. The second-order valence-corrected chi connectivity index (χ2v) is 5.31. The molecular weight excluding hydrogens is 260 g/mol. The minimum atomic E-state index is 0.0544. The number of carbonyl (C=O) groups excluding carboxylic acids is 1. The van der Waals surface area contributed by atoms with E-state index >= 15 is 0 Å². The van der Waals surface area contributed by atoms with Crippen molar-refractivity contribution in [2.75, 3.05) is 12.4 Å². The van der Waals surface area contributed by atoms with Gasteiger partial charge >= 0.3 is 0 Å². The molecule has 2 aromatic rings. The Balaban J connectivity index is 2.28. The summed E-state index contributed by atoms with van der Waals surface area (Å²) < 4.78 is 0. The lowest BCUT2D eigenvalue weighted by Gasteiger charge is -2.28. The standard InChI is InChI=1S/C18H22N2O/c1-14(2)20(13-15-9-5-4-6-10-15)18(21)16-11-7-8-12-17(16)19-3/h4-12,14,19H,13H2,1-3H3. The van der Waals surface area contributed by atoms with Crippen LogP contribution in [0.15, 0.2) is 54.6 Å². The molecule has 110 valence electrons. The Kier molecular flexibility index (Phi) is 4.99. The molecule has 1 amide bonds. The highest BCUT2D eigenvalue weighted by atomic mass is 16.2. The van der Waals surface area contributed by atoms with Crippen LogP contribution < -0.4 is 5.32 Å². The highest BCUT2D eigenvalue weighted by molar-refractivity contribution is 5.99. The first kappa shape index (κ1) is 15.1. The molecule has 0 fully saturated rings. The summed E-state index contributed by atoms with van der Waals surface area (Å²) in [6.07, 6.45) is 0. The summed E-state index contributed by atoms with van der Waals surface area (Å²) >= 11 is 0. The molecule has 2 aromatic carbocycles. The van der Waals surface area contributed by atoms with Crippen molar-refractivity contribution in [3.05, 3.63) is 65.7 Å². The average molecular weight is 282 g/mol. The van der Waals surface area contributed by atoms with E-state index in [1.165, 1.54) is 0 Å². The van der Waals surface area contributed by atoms with Crippen LogP contribution in [0.5, 0.6) is 0 Å². The number of nitrogens with one attached hydrogen (secondary N) is 1. The van der Waals surface area contributed by atoms with E-state index in [1.54, 1.807) is 0 Å². The lowest BCUT2D eigenvalue weighted by atomic mass is 10.1. The molecule has 0 aliphatic carbocycles. The Hall–Kier alpha value is -2.29. The minimum Gasteiger partial charge on any atom is -0.387 e. The molecule has 0 heterocycles. The molecule has 2 rings (SSSR count). The van der Waals surface area contributed by atoms with Crippen molar-refractivity contribution in [1.29, 1.82) is 0 Å². The number of rotatable bonds is 5. The maximum absolute atomic E-state index is 12.9. The quantitative estimate of drug-likeness (QED) is 0.905. The van der Waals surface area contributed by atoms with Crippen LogP contribution in [0.3, 0.4) is 0 Å².